The molecule has 0 radical (unpaired) electrons. The highest BCUT2D eigenvalue weighted by atomic mass is 16.4. The van der Waals surface area contributed by atoms with Crippen molar-refractivity contribution < 1.29 is 14.0 Å². The Morgan fingerprint density at radius 1 is 0.931 bits per heavy atom. The number of carbonyl (C=O) groups excluding carboxylic acids is 2. The van der Waals surface area contributed by atoms with E-state index in [1.165, 1.54) is 11.5 Å². The van der Waals surface area contributed by atoms with Gasteiger partial charge >= 0.3 is 5.76 Å². The topological polar surface area (TPSA) is 81.3 Å². The van der Waals surface area contributed by atoms with E-state index in [0.29, 0.717) is 34.5 Å². The van der Waals surface area contributed by atoms with Crippen LogP contribution in [0.1, 0.15) is 33.2 Å². The minimum atomic E-state index is -0.476. The third kappa shape index (κ3) is 3.87. The second-order valence-electron chi connectivity index (χ2n) is 6.71. The van der Waals surface area contributed by atoms with Crippen molar-refractivity contribution in [2.24, 2.45) is 0 Å². The van der Waals surface area contributed by atoms with Gasteiger partial charge in [0.25, 0.3) is 5.91 Å². The number of hydrogen-bond acceptors (Lipinski definition) is 4. The van der Waals surface area contributed by atoms with E-state index in [0.717, 1.165) is 5.56 Å². The monoisotopic (exact) mass is 386 g/mol. The molecule has 6 heteroatoms. The molecule has 0 saturated heterocycles. The van der Waals surface area contributed by atoms with Gasteiger partial charge in [-0.2, -0.15) is 0 Å². The normalized spacial score (nSPS) is 10.8. The first-order valence-corrected chi connectivity index (χ1v) is 9.11. The van der Waals surface area contributed by atoms with Crippen LogP contribution in [0.4, 0.5) is 5.69 Å². The fourth-order valence-corrected chi connectivity index (χ4v) is 3.14. The zero-order chi connectivity index (χ0) is 20.4. The summed E-state index contributed by atoms with van der Waals surface area (Å²) in [5.41, 5.74) is 3.34. The van der Waals surface area contributed by atoms with Crippen LogP contribution in [0.5, 0.6) is 0 Å². The number of hydrogen-bond donors (Lipinski definition) is 1. The van der Waals surface area contributed by atoms with Crippen molar-refractivity contribution in [2.45, 2.75) is 13.5 Å². The first-order valence-electron chi connectivity index (χ1n) is 9.11. The predicted octanol–water partition coefficient (Wildman–Crippen LogP) is 4.10. The molecule has 4 aromatic rings. The molecule has 0 aliphatic carbocycles. The zero-order valence-corrected chi connectivity index (χ0v) is 15.7. The molecule has 29 heavy (non-hydrogen) atoms. The highest BCUT2D eigenvalue weighted by molar-refractivity contribution is 6.06. The maximum Gasteiger partial charge on any atom is 0.420 e. The van der Waals surface area contributed by atoms with Crippen molar-refractivity contribution in [3.8, 4) is 0 Å². The summed E-state index contributed by atoms with van der Waals surface area (Å²) in [5, 5.41) is 2.78. The van der Waals surface area contributed by atoms with Gasteiger partial charge in [-0.15, -0.1) is 0 Å². The lowest BCUT2D eigenvalue weighted by Gasteiger charge is -2.07. The number of aromatic nitrogens is 1. The van der Waals surface area contributed by atoms with Gasteiger partial charge in [0.15, 0.2) is 11.4 Å². The second kappa shape index (κ2) is 7.59. The smallest absolute Gasteiger partial charge is 0.408 e. The Morgan fingerprint density at radius 2 is 1.72 bits per heavy atom. The van der Waals surface area contributed by atoms with Crippen molar-refractivity contribution >= 4 is 28.5 Å². The van der Waals surface area contributed by atoms with Crippen LogP contribution in [0, 0.1) is 0 Å². The summed E-state index contributed by atoms with van der Waals surface area (Å²) >= 11 is 0. The minimum absolute atomic E-state index is 0.0779. The maximum atomic E-state index is 12.7. The number of nitrogens with one attached hydrogen (secondary N) is 1. The summed E-state index contributed by atoms with van der Waals surface area (Å²) in [7, 11) is 0. The molecule has 1 N–H and O–H groups in total. The summed E-state index contributed by atoms with van der Waals surface area (Å²) in [6.07, 6.45) is 0. The Morgan fingerprint density at radius 3 is 2.48 bits per heavy atom. The van der Waals surface area contributed by atoms with Gasteiger partial charge in [0, 0.05) is 16.8 Å². The number of nitrogens with zero attached hydrogens (tertiary/aromatic N) is 1. The minimum Gasteiger partial charge on any atom is -0.408 e. The average Bonchev–Trinajstić information content (AvgIpc) is 3.03. The highest BCUT2D eigenvalue weighted by Gasteiger charge is 2.14. The van der Waals surface area contributed by atoms with E-state index >= 15 is 0 Å². The number of ketones is 1. The summed E-state index contributed by atoms with van der Waals surface area (Å²) in [4.78, 5) is 36.5. The number of benzene rings is 3. The molecule has 1 amide bonds. The van der Waals surface area contributed by atoms with Gasteiger partial charge < -0.3 is 9.73 Å². The molecular weight excluding hydrogens is 368 g/mol. The molecule has 3 aromatic carbocycles. The zero-order valence-electron chi connectivity index (χ0n) is 15.7. The Kier molecular flexibility index (Phi) is 4.83. The first kappa shape index (κ1) is 18.4. The molecule has 0 fully saturated rings. The molecule has 0 unspecified atom stereocenters. The Bertz CT molecular complexity index is 1270. The molecule has 1 aromatic heterocycles. The molecule has 0 aliphatic heterocycles. The van der Waals surface area contributed by atoms with Gasteiger partial charge in [-0.05, 0) is 42.8 Å². The van der Waals surface area contributed by atoms with Crippen LogP contribution in [0.25, 0.3) is 11.1 Å². The maximum absolute atomic E-state index is 12.7. The molecule has 0 atom stereocenters. The third-order valence-corrected chi connectivity index (χ3v) is 4.64. The van der Waals surface area contributed by atoms with Gasteiger partial charge in [0.1, 0.15) is 0 Å². The first-order chi connectivity index (χ1) is 14.0. The quantitative estimate of drug-likeness (QED) is 0.524. The van der Waals surface area contributed by atoms with Crippen molar-refractivity contribution in [3.05, 3.63) is 100 Å². The van der Waals surface area contributed by atoms with Crippen LogP contribution in [-0.2, 0) is 6.54 Å². The van der Waals surface area contributed by atoms with Gasteiger partial charge in [0.05, 0.1) is 12.1 Å². The molecule has 0 spiro atoms. The molecule has 144 valence electrons. The fourth-order valence-electron chi connectivity index (χ4n) is 3.14. The number of anilines is 1. The number of Topliss-reactive ketones (excluding diaryl/α,β-unsaturated/α-hetero) is 1. The van der Waals surface area contributed by atoms with E-state index in [2.05, 4.69) is 5.32 Å². The number of carbonyl (C=O) groups is 2. The van der Waals surface area contributed by atoms with Crippen molar-refractivity contribution in [1.82, 2.24) is 4.57 Å². The number of rotatable bonds is 5. The number of oxazole rings is 1. The molecule has 0 bridgehead atoms. The van der Waals surface area contributed by atoms with E-state index in [4.69, 9.17) is 4.42 Å². The lowest BCUT2D eigenvalue weighted by Crippen LogP contribution is -2.15. The van der Waals surface area contributed by atoms with Gasteiger partial charge in [0.2, 0.25) is 0 Å². The Labute approximate surface area is 166 Å². The average molecular weight is 386 g/mol. The molecule has 6 nitrogen and oxygen atoms in total. The van der Waals surface area contributed by atoms with Crippen molar-refractivity contribution in [2.75, 3.05) is 5.32 Å². The SMILES string of the molecule is CC(=O)c1cccc(NC(=O)c2ccc3oc(=O)n(Cc4ccccc4)c3c2)c1. The summed E-state index contributed by atoms with van der Waals surface area (Å²) in [5.74, 6) is -0.895. The van der Waals surface area contributed by atoms with E-state index in [9.17, 15) is 14.4 Å². The lowest BCUT2D eigenvalue weighted by molar-refractivity contribution is 0.101. The van der Waals surface area contributed by atoms with E-state index in [1.807, 2.05) is 30.3 Å². The fraction of sp³-hybridized carbons (Fsp3) is 0.0870. The highest BCUT2D eigenvalue weighted by Crippen LogP contribution is 2.18. The van der Waals surface area contributed by atoms with E-state index < -0.39 is 5.76 Å². The van der Waals surface area contributed by atoms with Crippen LogP contribution in [0.2, 0.25) is 0 Å². The van der Waals surface area contributed by atoms with Crippen LogP contribution >= 0.6 is 0 Å². The Balaban J connectivity index is 1.65. The number of amides is 1. The van der Waals surface area contributed by atoms with E-state index in [-0.39, 0.29) is 11.7 Å². The summed E-state index contributed by atoms with van der Waals surface area (Å²) in [6.45, 7) is 1.82. The number of fused-ring (bicyclic) bond motifs is 1. The second-order valence-corrected chi connectivity index (χ2v) is 6.71. The van der Waals surface area contributed by atoms with Crippen LogP contribution < -0.4 is 11.1 Å². The molecule has 0 saturated carbocycles. The predicted molar refractivity (Wildman–Crippen MR) is 110 cm³/mol. The lowest BCUT2D eigenvalue weighted by atomic mass is 10.1. The third-order valence-electron chi connectivity index (χ3n) is 4.64. The summed E-state index contributed by atoms with van der Waals surface area (Å²) < 4.78 is 6.80. The van der Waals surface area contributed by atoms with Crippen molar-refractivity contribution in [3.63, 3.8) is 0 Å². The Hall–Kier alpha value is -3.93. The van der Waals surface area contributed by atoms with Crippen LogP contribution in [0.3, 0.4) is 0 Å². The molecular formula is C23H18N2O4. The van der Waals surface area contributed by atoms with Crippen LogP contribution in [0.15, 0.2) is 82.0 Å². The van der Waals surface area contributed by atoms with Gasteiger partial charge in [-0.25, -0.2) is 4.79 Å². The largest absolute Gasteiger partial charge is 0.420 e. The van der Waals surface area contributed by atoms with Crippen molar-refractivity contribution in [1.29, 1.82) is 0 Å². The molecule has 4 rings (SSSR count). The summed E-state index contributed by atoms with van der Waals surface area (Å²) in [6, 6.07) is 21.1. The molecule has 0 aliphatic rings. The van der Waals surface area contributed by atoms with Gasteiger partial charge in [-0.1, -0.05) is 42.5 Å². The molecule has 1 heterocycles. The van der Waals surface area contributed by atoms with Crippen LogP contribution in [-0.4, -0.2) is 16.3 Å². The van der Waals surface area contributed by atoms with E-state index in [1.54, 1.807) is 42.5 Å². The van der Waals surface area contributed by atoms with Gasteiger partial charge in [-0.3, -0.25) is 14.2 Å². The standard InChI is InChI=1S/C23H18N2O4/c1-15(26)17-8-5-9-19(12-17)24-22(27)18-10-11-21-20(13-18)25(23(28)29-21)14-16-6-3-2-4-7-16/h2-13H,14H2,1H3,(H,24,27).